The van der Waals surface area contributed by atoms with Crippen LogP contribution in [-0.4, -0.2) is 55.2 Å². The third kappa shape index (κ3) is 4.13. The zero-order chi connectivity index (χ0) is 22.0. The number of aryl methyl sites for hydroxylation is 1. The average molecular weight is 439 g/mol. The minimum Gasteiger partial charge on any atom is -0.492 e. The molecule has 0 aliphatic rings. The Morgan fingerprint density at radius 1 is 1.16 bits per heavy atom. The van der Waals surface area contributed by atoms with E-state index in [2.05, 4.69) is 15.0 Å². The molecule has 31 heavy (non-hydrogen) atoms. The molecule has 0 aliphatic carbocycles. The number of benzene rings is 1. The van der Waals surface area contributed by atoms with E-state index in [9.17, 15) is 9.59 Å². The van der Waals surface area contributed by atoms with Crippen molar-refractivity contribution in [3.63, 3.8) is 0 Å². The van der Waals surface area contributed by atoms with Gasteiger partial charge in [-0.05, 0) is 36.4 Å². The van der Waals surface area contributed by atoms with Crippen LogP contribution in [0.1, 0.15) is 0 Å². The molecule has 3 heterocycles. The second-order valence-electron chi connectivity index (χ2n) is 6.82. The number of imidazole rings is 1. The molecule has 0 atom stereocenters. The van der Waals surface area contributed by atoms with Crippen LogP contribution in [-0.2, 0) is 7.05 Å². The molecule has 3 aromatic heterocycles. The molecule has 0 aliphatic heterocycles. The summed E-state index contributed by atoms with van der Waals surface area (Å²) in [5.74, 6) is 1.09. The van der Waals surface area contributed by atoms with Gasteiger partial charge in [-0.1, -0.05) is 11.6 Å². The largest absolute Gasteiger partial charge is 0.492 e. The minimum atomic E-state index is -0.494. The number of likely N-dealkylation sites (N-methyl/N-ethyl adjacent to an activating group) is 1. The highest BCUT2D eigenvalue weighted by molar-refractivity contribution is 6.30. The normalized spacial score (nSPS) is 10.9. The molecule has 158 valence electrons. The van der Waals surface area contributed by atoms with E-state index in [0.29, 0.717) is 27.8 Å². The van der Waals surface area contributed by atoms with Crippen LogP contribution in [0, 0.1) is 0 Å². The van der Waals surface area contributed by atoms with Gasteiger partial charge < -0.3 is 9.64 Å². The fraction of sp³-hybridized carbons (Fsp3) is 0.190. The molecule has 0 N–H and O–H groups in total. The molecule has 0 unspecified atom stereocenters. The third-order valence-corrected chi connectivity index (χ3v) is 5.00. The number of carbonyl (C=O) groups is 1. The van der Waals surface area contributed by atoms with E-state index in [0.717, 1.165) is 10.1 Å². The van der Waals surface area contributed by atoms with Gasteiger partial charge in [-0.25, -0.2) is 24.1 Å². The molecule has 1 amide bonds. The molecule has 4 rings (SSSR count). The Labute approximate surface area is 182 Å². The maximum atomic E-state index is 13.0. The Kier molecular flexibility index (Phi) is 5.68. The molecular formula is C21H19ClN6O3. The zero-order valence-corrected chi connectivity index (χ0v) is 17.7. The number of hydrogen-bond donors (Lipinski definition) is 0. The van der Waals surface area contributed by atoms with E-state index in [-0.39, 0.29) is 13.2 Å². The van der Waals surface area contributed by atoms with Crippen molar-refractivity contribution in [2.75, 3.05) is 20.2 Å². The topological polar surface area (TPSA) is 95.1 Å². The number of halogens is 1. The number of fused-ring (bicyclic) bond motifs is 1. The summed E-state index contributed by atoms with van der Waals surface area (Å²) in [4.78, 5) is 39.9. The van der Waals surface area contributed by atoms with E-state index in [1.807, 2.05) is 0 Å². The molecule has 10 heteroatoms. The Bertz CT molecular complexity index is 1280. The molecule has 4 aromatic rings. The number of ether oxygens (including phenoxy) is 1. The summed E-state index contributed by atoms with van der Waals surface area (Å²) in [6.07, 6.45) is 4.75. The number of rotatable bonds is 5. The van der Waals surface area contributed by atoms with Gasteiger partial charge in [0.2, 0.25) is 0 Å². The van der Waals surface area contributed by atoms with Crippen LogP contribution in [0.2, 0.25) is 5.02 Å². The molecule has 0 bridgehead atoms. The van der Waals surface area contributed by atoms with Crippen molar-refractivity contribution < 1.29 is 9.53 Å². The quantitative estimate of drug-likeness (QED) is 0.475. The van der Waals surface area contributed by atoms with Gasteiger partial charge in [0.05, 0.1) is 12.7 Å². The van der Waals surface area contributed by atoms with Crippen molar-refractivity contribution in [3.8, 4) is 17.1 Å². The van der Waals surface area contributed by atoms with E-state index in [1.54, 1.807) is 62.9 Å². The van der Waals surface area contributed by atoms with Gasteiger partial charge in [-0.3, -0.25) is 9.55 Å². The molecule has 0 spiro atoms. The predicted octanol–water partition coefficient (Wildman–Crippen LogP) is 2.82. The van der Waals surface area contributed by atoms with Gasteiger partial charge in [0.25, 0.3) is 0 Å². The smallest absolute Gasteiger partial charge is 0.338 e. The van der Waals surface area contributed by atoms with Crippen molar-refractivity contribution in [2.45, 2.75) is 0 Å². The highest BCUT2D eigenvalue weighted by atomic mass is 35.5. The number of pyridine rings is 1. The van der Waals surface area contributed by atoms with Crippen LogP contribution in [0.3, 0.4) is 0 Å². The zero-order valence-electron chi connectivity index (χ0n) is 16.9. The molecule has 9 nitrogen and oxygen atoms in total. The van der Waals surface area contributed by atoms with Crippen LogP contribution in [0.5, 0.6) is 5.75 Å². The van der Waals surface area contributed by atoms with Crippen molar-refractivity contribution in [2.24, 2.45) is 7.05 Å². The van der Waals surface area contributed by atoms with Gasteiger partial charge in [-0.15, -0.1) is 0 Å². The van der Waals surface area contributed by atoms with E-state index < -0.39 is 11.7 Å². The molecule has 1 aromatic carbocycles. The molecule has 0 saturated carbocycles. The standard InChI is InChI=1S/C21H19ClN6O3/c1-26(11-12-31-16-5-3-15(22)4-6-16)20(29)28-17-13-24-18(14-7-9-23-10-8-14)25-19(17)27(2)21(28)30/h3-10,13H,11-12H2,1-2H3. The third-order valence-electron chi connectivity index (χ3n) is 4.75. The first kappa shape index (κ1) is 20.5. The molecule has 0 radical (unpaired) electrons. The van der Waals surface area contributed by atoms with E-state index in [1.165, 1.54) is 15.7 Å². The van der Waals surface area contributed by atoms with Gasteiger partial charge in [0.15, 0.2) is 11.5 Å². The summed E-state index contributed by atoms with van der Waals surface area (Å²) in [5.41, 5.74) is 0.971. The number of carbonyl (C=O) groups excluding carboxylic acids is 1. The summed E-state index contributed by atoms with van der Waals surface area (Å²) in [5, 5.41) is 0.615. The maximum absolute atomic E-state index is 13.0. The summed E-state index contributed by atoms with van der Waals surface area (Å²) >= 11 is 5.86. The van der Waals surface area contributed by atoms with Crippen molar-refractivity contribution >= 4 is 28.8 Å². The fourth-order valence-electron chi connectivity index (χ4n) is 3.04. The first-order valence-electron chi connectivity index (χ1n) is 9.44. The lowest BCUT2D eigenvalue weighted by molar-refractivity contribution is 0.197. The first-order valence-corrected chi connectivity index (χ1v) is 9.82. The number of hydrogen-bond acceptors (Lipinski definition) is 6. The first-order chi connectivity index (χ1) is 15.0. The van der Waals surface area contributed by atoms with Gasteiger partial charge in [0, 0.05) is 37.1 Å². The SMILES string of the molecule is CN(CCOc1ccc(Cl)cc1)C(=O)n1c(=O)n(C)c2nc(-c3ccncc3)ncc21. The van der Waals surface area contributed by atoms with Gasteiger partial charge in [-0.2, -0.15) is 0 Å². The Hall–Kier alpha value is -3.72. The van der Waals surface area contributed by atoms with Crippen molar-refractivity contribution in [1.29, 1.82) is 0 Å². The minimum absolute atomic E-state index is 0.256. The second-order valence-corrected chi connectivity index (χ2v) is 7.26. The highest BCUT2D eigenvalue weighted by Gasteiger charge is 2.21. The Balaban J connectivity index is 1.55. The maximum Gasteiger partial charge on any atom is 0.338 e. The fourth-order valence-corrected chi connectivity index (χ4v) is 3.16. The monoisotopic (exact) mass is 438 g/mol. The average Bonchev–Trinajstić information content (AvgIpc) is 3.04. The highest BCUT2D eigenvalue weighted by Crippen LogP contribution is 2.18. The molecular weight excluding hydrogens is 420 g/mol. The number of aromatic nitrogens is 5. The summed E-state index contributed by atoms with van der Waals surface area (Å²) in [7, 11) is 3.17. The number of nitrogens with zero attached hydrogens (tertiary/aromatic N) is 6. The van der Waals surface area contributed by atoms with Crippen molar-refractivity contribution in [1.82, 2.24) is 29.0 Å². The number of amides is 1. The van der Waals surface area contributed by atoms with Crippen LogP contribution in [0.4, 0.5) is 4.79 Å². The van der Waals surface area contributed by atoms with Gasteiger partial charge >= 0.3 is 11.7 Å². The molecule has 0 saturated heterocycles. The van der Waals surface area contributed by atoms with E-state index >= 15 is 0 Å². The van der Waals surface area contributed by atoms with E-state index in [4.69, 9.17) is 16.3 Å². The Morgan fingerprint density at radius 3 is 2.58 bits per heavy atom. The lowest BCUT2D eigenvalue weighted by Gasteiger charge is -2.17. The predicted molar refractivity (Wildman–Crippen MR) is 116 cm³/mol. The van der Waals surface area contributed by atoms with Gasteiger partial charge in [0.1, 0.15) is 17.9 Å². The van der Waals surface area contributed by atoms with Crippen LogP contribution in [0.15, 0.2) is 59.8 Å². The van der Waals surface area contributed by atoms with Crippen LogP contribution >= 0.6 is 11.6 Å². The summed E-state index contributed by atoms with van der Waals surface area (Å²) < 4.78 is 8.02. The summed E-state index contributed by atoms with van der Waals surface area (Å²) in [6.45, 7) is 0.534. The molecule has 0 fully saturated rings. The second kappa shape index (κ2) is 8.57. The Morgan fingerprint density at radius 2 is 1.87 bits per heavy atom. The van der Waals surface area contributed by atoms with Crippen molar-refractivity contribution in [3.05, 3.63) is 70.5 Å². The van der Waals surface area contributed by atoms with Crippen LogP contribution in [0.25, 0.3) is 22.6 Å². The lowest BCUT2D eigenvalue weighted by atomic mass is 10.2. The lowest BCUT2D eigenvalue weighted by Crippen LogP contribution is -2.39. The summed E-state index contributed by atoms with van der Waals surface area (Å²) in [6, 6.07) is 10.00. The van der Waals surface area contributed by atoms with Crippen LogP contribution < -0.4 is 10.4 Å².